The average molecular weight is 545 g/mol. The van der Waals surface area contributed by atoms with Gasteiger partial charge in [0.2, 0.25) is 0 Å². The lowest BCUT2D eigenvalue weighted by Gasteiger charge is -2.35. The van der Waals surface area contributed by atoms with Crippen LogP contribution in [0.3, 0.4) is 0 Å². The monoisotopic (exact) mass is 543 g/mol. The van der Waals surface area contributed by atoms with Crippen LogP contribution in [-0.4, -0.2) is 31.3 Å². The molecule has 0 saturated heterocycles. The number of rotatable bonds is 12. The predicted molar refractivity (Wildman–Crippen MR) is 143 cm³/mol. The van der Waals surface area contributed by atoms with E-state index in [0.29, 0.717) is 42.6 Å². The van der Waals surface area contributed by atoms with Gasteiger partial charge in [-0.1, -0.05) is 26.2 Å². The summed E-state index contributed by atoms with van der Waals surface area (Å²) in [6.45, 7) is 7.78. The van der Waals surface area contributed by atoms with E-state index in [4.69, 9.17) is 20.2 Å². The van der Waals surface area contributed by atoms with Crippen molar-refractivity contribution in [1.82, 2.24) is 0 Å². The Labute approximate surface area is 218 Å². The molecule has 0 saturated carbocycles. The van der Waals surface area contributed by atoms with E-state index >= 15 is 0 Å². The number of carbonyl (C=O) groups is 1. The van der Waals surface area contributed by atoms with Gasteiger partial charge < -0.3 is 15.2 Å². The maximum atomic E-state index is 13.4. The highest BCUT2D eigenvalue weighted by molar-refractivity contribution is 9.10. The summed E-state index contributed by atoms with van der Waals surface area (Å²) >= 11 is 3.68. The molecule has 7 heteroatoms. The Balaban J connectivity index is 1.95. The molecule has 6 nitrogen and oxygen atoms in total. The van der Waals surface area contributed by atoms with E-state index in [0.717, 1.165) is 72.9 Å². The number of ketones is 1. The second-order valence-corrected chi connectivity index (χ2v) is 10.4. The van der Waals surface area contributed by atoms with Crippen LogP contribution < -0.4 is 15.2 Å². The standard InChI is InChI=1S/C28H38BrN3O3/c1-4-10-19-13-23-27(24(33)14-19)26(21(17-31)18(3)32-23)20-15-22(29)28(25(16-20)34-5-2)35-12-9-7-6-8-11-30/h15-16,19,21,26H,4-14,30H2,1-3H3. The van der Waals surface area contributed by atoms with E-state index in [1.807, 2.05) is 26.0 Å². The first-order valence-corrected chi connectivity index (χ1v) is 13.7. The lowest BCUT2D eigenvalue weighted by molar-refractivity contribution is -0.117. The van der Waals surface area contributed by atoms with Crippen LogP contribution in [-0.2, 0) is 4.79 Å². The van der Waals surface area contributed by atoms with Crippen LogP contribution in [0, 0.1) is 23.2 Å². The number of carbonyl (C=O) groups excluding carboxylic acids is 1. The third kappa shape index (κ3) is 6.54. The second kappa shape index (κ2) is 13.2. The molecule has 2 N–H and O–H groups in total. The van der Waals surface area contributed by atoms with Crippen LogP contribution in [0.15, 0.2) is 32.9 Å². The molecule has 1 aromatic rings. The van der Waals surface area contributed by atoms with Crippen molar-refractivity contribution in [3.8, 4) is 17.6 Å². The molecule has 0 amide bonds. The Morgan fingerprint density at radius 1 is 1.17 bits per heavy atom. The summed E-state index contributed by atoms with van der Waals surface area (Å²) in [4.78, 5) is 18.1. The minimum Gasteiger partial charge on any atom is -0.490 e. The zero-order chi connectivity index (χ0) is 25.4. The number of nitriles is 1. The zero-order valence-corrected chi connectivity index (χ0v) is 22.8. The number of benzene rings is 1. The van der Waals surface area contributed by atoms with Crippen molar-refractivity contribution in [2.75, 3.05) is 19.8 Å². The summed E-state index contributed by atoms with van der Waals surface area (Å²) in [6, 6.07) is 6.35. The number of hydrogen-bond donors (Lipinski definition) is 1. The number of allylic oxidation sites excluding steroid dienone is 2. The van der Waals surface area contributed by atoms with Gasteiger partial charge in [-0.05, 0) is 85.6 Å². The molecule has 190 valence electrons. The molecule has 3 atom stereocenters. The first-order valence-electron chi connectivity index (χ1n) is 12.9. The molecule has 0 spiro atoms. The van der Waals surface area contributed by atoms with Gasteiger partial charge in [-0.15, -0.1) is 0 Å². The largest absolute Gasteiger partial charge is 0.490 e. The van der Waals surface area contributed by atoms with Crippen LogP contribution in [0.4, 0.5) is 0 Å². The zero-order valence-electron chi connectivity index (χ0n) is 21.2. The number of aliphatic imine (C=N–C) groups is 1. The van der Waals surface area contributed by atoms with Crippen LogP contribution in [0.1, 0.15) is 83.6 Å². The first-order chi connectivity index (χ1) is 16.9. The van der Waals surface area contributed by atoms with Gasteiger partial charge in [-0.3, -0.25) is 9.79 Å². The molecule has 3 rings (SSSR count). The topological polar surface area (TPSA) is 97.7 Å². The summed E-state index contributed by atoms with van der Waals surface area (Å²) in [6.07, 6.45) is 7.53. The van der Waals surface area contributed by atoms with Gasteiger partial charge >= 0.3 is 0 Å². The molecular weight excluding hydrogens is 506 g/mol. The molecule has 0 bridgehead atoms. The summed E-state index contributed by atoms with van der Waals surface area (Å²) < 4.78 is 12.9. The fraction of sp³-hybridized carbons (Fsp3) is 0.607. The van der Waals surface area contributed by atoms with Gasteiger partial charge in [0.05, 0.1) is 29.7 Å². The summed E-state index contributed by atoms with van der Waals surface area (Å²) in [7, 11) is 0. The number of nitrogens with zero attached hydrogens (tertiary/aromatic N) is 2. The Morgan fingerprint density at radius 3 is 2.63 bits per heavy atom. The van der Waals surface area contributed by atoms with Gasteiger partial charge in [-0.2, -0.15) is 5.26 Å². The summed E-state index contributed by atoms with van der Waals surface area (Å²) in [5.74, 6) is 0.896. The number of halogens is 1. The van der Waals surface area contributed by atoms with E-state index in [9.17, 15) is 10.1 Å². The van der Waals surface area contributed by atoms with E-state index in [2.05, 4.69) is 28.9 Å². The summed E-state index contributed by atoms with van der Waals surface area (Å²) in [5, 5.41) is 10.1. The third-order valence-electron chi connectivity index (χ3n) is 6.84. The third-order valence-corrected chi connectivity index (χ3v) is 7.43. The Bertz CT molecular complexity index is 1010. The predicted octanol–water partition coefficient (Wildman–Crippen LogP) is 6.48. The van der Waals surface area contributed by atoms with E-state index in [1.54, 1.807) is 0 Å². The van der Waals surface area contributed by atoms with E-state index < -0.39 is 5.92 Å². The maximum Gasteiger partial charge on any atom is 0.175 e. The van der Waals surface area contributed by atoms with Crippen molar-refractivity contribution in [3.63, 3.8) is 0 Å². The first kappa shape index (κ1) is 27.4. The minimum absolute atomic E-state index is 0.123. The van der Waals surface area contributed by atoms with Crippen molar-refractivity contribution in [2.45, 2.75) is 78.1 Å². The molecular formula is C28H38BrN3O3. The smallest absolute Gasteiger partial charge is 0.175 e. The maximum absolute atomic E-state index is 13.4. The second-order valence-electron chi connectivity index (χ2n) is 9.50. The lowest BCUT2D eigenvalue weighted by Crippen LogP contribution is -2.32. The van der Waals surface area contributed by atoms with Crippen LogP contribution >= 0.6 is 15.9 Å². The minimum atomic E-state index is -0.490. The molecule has 0 fully saturated rings. The number of ether oxygens (including phenoxy) is 2. The highest BCUT2D eigenvalue weighted by Crippen LogP contribution is 2.48. The number of hydrogen-bond acceptors (Lipinski definition) is 6. The fourth-order valence-electron chi connectivity index (χ4n) is 5.22. The molecule has 35 heavy (non-hydrogen) atoms. The Hall–Kier alpha value is -2.17. The van der Waals surface area contributed by atoms with Crippen molar-refractivity contribution < 1.29 is 14.3 Å². The molecule has 2 aliphatic rings. The normalized spacial score (nSPS) is 21.9. The highest BCUT2D eigenvalue weighted by Gasteiger charge is 2.41. The summed E-state index contributed by atoms with van der Waals surface area (Å²) in [5.41, 5.74) is 8.80. The molecule has 0 radical (unpaired) electrons. The van der Waals surface area contributed by atoms with Crippen molar-refractivity contribution in [3.05, 3.63) is 33.4 Å². The number of unbranched alkanes of at least 4 members (excludes halogenated alkanes) is 3. The number of nitrogens with two attached hydrogens (primary N) is 1. The van der Waals surface area contributed by atoms with Gasteiger partial charge in [0.25, 0.3) is 0 Å². The molecule has 3 unspecified atom stereocenters. The van der Waals surface area contributed by atoms with E-state index in [1.165, 1.54) is 0 Å². The van der Waals surface area contributed by atoms with Crippen molar-refractivity contribution in [2.24, 2.45) is 22.6 Å². The average Bonchev–Trinajstić information content (AvgIpc) is 2.82. The molecule has 1 aliphatic carbocycles. The van der Waals surface area contributed by atoms with Crippen LogP contribution in [0.5, 0.6) is 11.5 Å². The van der Waals surface area contributed by atoms with Crippen molar-refractivity contribution in [1.29, 1.82) is 5.26 Å². The van der Waals surface area contributed by atoms with Gasteiger partial charge in [0.15, 0.2) is 17.3 Å². The van der Waals surface area contributed by atoms with Gasteiger partial charge in [-0.25, -0.2) is 0 Å². The van der Waals surface area contributed by atoms with E-state index in [-0.39, 0.29) is 11.7 Å². The van der Waals surface area contributed by atoms with Crippen LogP contribution in [0.2, 0.25) is 0 Å². The van der Waals surface area contributed by atoms with Gasteiger partial charge in [0.1, 0.15) is 0 Å². The highest BCUT2D eigenvalue weighted by atomic mass is 79.9. The van der Waals surface area contributed by atoms with Crippen LogP contribution in [0.25, 0.3) is 0 Å². The molecule has 0 aromatic heterocycles. The molecule has 1 aliphatic heterocycles. The van der Waals surface area contributed by atoms with Crippen molar-refractivity contribution >= 4 is 27.4 Å². The number of Topliss-reactive ketones (excluding diaryl/α,β-unsaturated/α-hetero) is 1. The molecule has 1 aromatic carbocycles. The Kier molecular flexibility index (Phi) is 10.4. The lowest BCUT2D eigenvalue weighted by atomic mass is 9.70. The Morgan fingerprint density at radius 2 is 1.94 bits per heavy atom. The fourth-order valence-corrected chi connectivity index (χ4v) is 5.80. The molecule has 1 heterocycles. The van der Waals surface area contributed by atoms with Gasteiger partial charge in [0, 0.05) is 29.3 Å². The quantitative estimate of drug-likeness (QED) is 0.304. The SMILES string of the molecule is CCCC1CC(=O)C2=C(C1)N=C(C)C(C#N)C2c1cc(Br)c(OCCCCCCN)c(OCC)c1.